The quantitative estimate of drug-likeness (QED) is 0.368. The average Bonchev–Trinajstić information content (AvgIpc) is 3.08. The number of thiazole rings is 1. The predicted octanol–water partition coefficient (Wildman–Crippen LogP) is 6.33. The molecule has 2 aromatic carbocycles. The summed E-state index contributed by atoms with van der Waals surface area (Å²) < 4.78 is 0.977. The highest BCUT2D eigenvalue weighted by Gasteiger charge is 2.19. The van der Waals surface area contributed by atoms with Crippen LogP contribution in [0.25, 0.3) is 16.3 Å². The highest BCUT2D eigenvalue weighted by Crippen LogP contribution is 2.33. The van der Waals surface area contributed by atoms with Crippen molar-refractivity contribution in [3.8, 4) is 0 Å². The lowest BCUT2D eigenvalue weighted by Crippen LogP contribution is -2.32. The number of halogens is 3. The Morgan fingerprint density at radius 1 is 1.17 bits per heavy atom. The normalized spacial score (nSPS) is 11.3. The van der Waals surface area contributed by atoms with E-state index in [-0.39, 0.29) is 18.3 Å². The van der Waals surface area contributed by atoms with E-state index in [1.165, 1.54) is 11.3 Å². The highest BCUT2D eigenvalue weighted by molar-refractivity contribution is 7.22. The zero-order chi connectivity index (χ0) is 21.0. The number of fused-ring (bicyclic) bond motifs is 1. The SMILES string of the molecule is Cc1cc(Cl)cc2sc(N(CCCN(C)C)C(=O)C=Cc3ccccc3Cl)nc12.Cl. The largest absolute Gasteiger partial charge is 0.309 e. The Morgan fingerprint density at radius 2 is 1.90 bits per heavy atom. The van der Waals surface area contributed by atoms with Gasteiger partial charge in [-0.3, -0.25) is 9.69 Å². The molecule has 1 aromatic heterocycles. The number of carbonyl (C=O) groups excluding carboxylic acids is 1. The van der Waals surface area contributed by atoms with Crippen LogP contribution in [0.1, 0.15) is 17.5 Å². The number of carbonyl (C=O) groups is 1. The molecule has 3 aromatic rings. The van der Waals surface area contributed by atoms with Crippen LogP contribution < -0.4 is 4.90 Å². The summed E-state index contributed by atoms with van der Waals surface area (Å²) in [6.45, 7) is 3.44. The third kappa shape index (κ3) is 6.19. The molecular formula is C22H24Cl3N3OS. The van der Waals surface area contributed by atoms with Crippen molar-refractivity contribution < 1.29 is 4.79 Å². The van der Waals surface area contributed by atoms with Crippen molar-refractivity contribution in [1.82, 2.24) is 9.88 Å². The van der Waals surface area contributed by atoms with E-state index in [0.29, 0.717) is 21.7 Å². The van der Waals surface area contributed by atoms with E-state index in [0.717, 1.165) is 34.3 Å². The smallest absolute Gasteiger partial charge is 0.252 e. The molecule has 0 atom stereocenters. The first-order chi connectivity index (χ1) is 13.8. The van der Waals surface area contributed by atoms with Gasteiger partial charge in [0, 0.05) is 22.7 Å². The maximum absolute atomic E-state index is 13.1. The third-order valence-electron chi connectivity index (χ3n) is 4.43. The third-order valence-corrected chi connectivity index (χ3v) is 6.02. The van der Waals surface area contributed by atoms with Crippen molar-refractivity contribution in [2.24, 2.45) is 0 Å². The van der Waals surface area contributed by atoms with Crippen LogP contribution in [0.15, 0.2) is 42.5 Å². The Hall–Kier alpha value is -1.63. The molecule has 1 heterocycles. The van der Waals surface area contributed by atoms with Crippen LogP contribution in [-0.4, -0.2) is 43.0 Å². The van der Waals surface area contributed by atoms with Gasteiger partial charge in [0.1, 0.15) is 0 Å². The number of amides is 1. The standard InChI is InChI=1S/C22H23Cl2N3OS.ClH/c1-15-13-17(23)14-19-21(15)25-22(29-19)27(12-6-11-26(2)3)20(28)10-9-16-7-4-5-8-18(16)24;/h4-5,7-10,13-14H,6,11-12H2,1-3H3;1H. The van der Waals surface area contributed by atoms with Crippen LogP contribution in [-0.2, 0) is 4.79 Å². The van der Waals surface area contributed by atoms with Gasteiger partial charge in [0.05, 0.1) is 10.2 Å². The molecule has 0 saturated heterocycles. The van der Waals surface area contributed by atoms with Gasteiger partial charge in [-0.15, -0.1) is 12.4 Å². The van der Waals surface area contributed by atoms with Gasteiger partial charge < -0.3 is 4.90 Å². The van der Waals surface area contributed by atoms with Crippen molar-refractivity contribution >= 4 is 74.3 Å². The lowest BCUT2D eigenvalue weighted by atomic mass is 10.2. The summed E-state index contributed by atoms with van der Waals surface area (Å²) in [4.78, 5) is 21.6. The average molecular weight is 485 g/mol. The fourth-order valence-corrected chi connectivity index (χ4v) is 4.62. The van der Waals surface area contributed by atoms with E-state index in [2.05, 4.69) is 4.90 Å². The zero-order valence-corrected chi connectivity index (χ0v) is 20.2. The fourth-order valence-electron chi connectivity index (χ4n) is 2.96. The Bertz CT molecular complexity index is 1050. The molecule has 0 unspecified atom stereocenters. The Kier molecular flexibility index (Phi) is 9.13. The van der Waals surface area contributed by atoms with Crippen molar-refractivity contribution in [1.29, 1.82) is 0 Å². The van der Waals surface area contributed by atoms with Crippen LogP contribution in [0.2, 0.25) is 10.0 Å². The van der Waals surface area contributed by atoms with Gasteiger partial charge in [0.15, 0.2) is 5.13 Å². The first-order valence-corrected chi connectivity index (χ1v) is 10.9. The summed E-state index contributed by atoms with van der Waals surface area (Å²) in [5, 5.41) is 1.97. The second-order valence-electron chi connectivity index (χ2n) is 7.07. The molecule has 3 rings (SSSR count). The van der Waals surface area contributed by atoms with Crippen molar-refractivity contribution in [3.05, 3.63) is 63.6 Å². The lowest BCUT2D eigenvalue weighted by molar-refractivity contribution is -0.114. The molecule has 8 heteroatoms. The molecule has 0 aliphatic heterocycles. The molecule has 1 amide bonds. The van der Waals surface area contributed by atoms with Crippen LogP contribution in [0.5, 0.6) is 0 Å². The van der Waals surface area contributed by atoms with Crippen LogP contribution >= 0.6 is 46.9 Å². The van der Waals surface area contributed by atoms with Gasteiger partial charge in [-0.05, 0) is 69.4 Å². The molecule has 0 aliphatic rings. The Morgan fingerprint density at radius 3 is 2.60 bits per heavy atom. The summed E-state index contributed by atoms with van der Waals surface area (Å²) in [6, 6.07) is 11.2. The number of aromatic nitrogens is 1. The Balaban J connectivity index is 0.00000320. The maximum Gasteiger partial charge on any atom is 0.252 e. The van der Waals surface area contributed by atoms with Crippen molar-refractivity contribution in [3.63, 3.8) is 0 Å². The molecule has 30 heavy (non-hydrogen) atoms. The molecule has 0 bridgehead atoms. The maximum atomic E-state index is 13.1. The second kappa shape index (κ2) is 11.1. The van der Waals surface area contributed by atoms with Gasteiger partial charge in [-0.25, -0.2) is 4.98 Å². The van der Waals surface area contributed by atoms with E-state index >= 15 is 0 Å². The monoisotopic (exact) mass is 483 g/mol. The number of rotatable bonds is 7. The van der Waals surface area contributed by atoms with E-state index in [4.69, 9.17) is 28.2 Å². The van der Waals surface area contributed by atoms with E-state index in [9.17, 15) is 4.79 Å². The highest BCUT2D eigenvalue weighted by atomic mass is 35.5. The topological polar surface area (TPSA) is 36.4 Å². The minimum absolute atomic E-state index is 0. The predicted molar refractivity (Wildman–Crippen MR) is 133 cm³/mol. The Labute approximate surface area is 197 Å². The minimum Gasteiger partial charge on any atom is -0.309 e. The number of hydrogen-bond donors (Lipinski definition) is 0. The lowest BCUT2D eigenvalue weighted by Gasteiger charge is -2.19. The molecule has 0 radical (unpaired) electrons. The molecule has 4 nitrogen and oxygen atoms in total. The van der Waals surface area contributed by atoms with Crippen molar-refractivity contribution in [2.75, 3.05) is 32.1 Å². The molecule has 0 spiro atoms. The number of aryl methyl sites for hydroxylation is 1. The van der Waals surface area contributed by atoms with Crippen LogP contribution in [0.4, 0.5) is 5.13 Å². The summed E-state index contributed by atoms with van der Waals surface area (Å²) in [6.07, 6.45) is 4.15. The molecule has 160 valence electrons. The molecule has 0 fully saturated rings. The fraction of sp³-hybridized carbons (Fsp3) is 0.273. The number of benzene rings is 2. The van der Waals surface area contributed by atoms with Gasteiger partial charge in [0.25, 0.3) is 5.91 Å². The first kappa shape index (κ1) is 24.6. The second-order valence-corrected chi connectivity index (χ2v) is 8.92. The molecule has 0 N–H and O–H groups in total. The van der Waals surface area contributed by atoms with Gasteiger partial charge in [-0.2, -0.15) is 0 Å². The summed E-state index contributed by atoms with van der Waals surface area (Å²) in [5.41, 5.74) is 2.69. The molecule has 0 aliphatic carbocycles. The summed E-state index contributed by atoms with van der Waals surface area (Å²) in [7, 11) is 4.04. The van der Waals surface area contributed by atoms with E-state index in [1.54, 1.807) is 23.1 Å². The van der Waals surface area contributed by atoms with Gasteiger partial charge in [0.2, 0.25) is 0 Å². The zero-order valence-electron chi connectivity index (χ0n) is 17.1. The van der Waals surface area contributed by atoms with E-state index in [1.807, 2.05) is 51.4 Å². The first-order valence-electron chi connectivity index (χ1n) is 9.30. The van der Waals surface area contributed by atoms with Gasteiger partial charge >= 0.3 is 0 Å². The summed E-state index contributed by atoms with van der Waals surface area (Å²) >= 11 is 13.9. The van der Waals surface area contributed by atoms with Crippen molar-refractivity contribution in [2.45, 2.75) is 13.3 Å². The number of hydrogen-bond acceptors (Lipinski definition) is 4. The van der Waals surface area contributed by atoms with E-state index < -0.39 is 0 Å². The summed E-state index contributed by atoms with van der Waals surface area (Å²) in [5.74, 6) is -0.119. The van der Waals surface area contributed by atoms with Crippen LogP contribution in [0, 0.1) is 6.92 Å². The number of anilines is 1. The molecular weight excluding hydrogens is 461 g/mol. The minimum atomic E-state index is -0.119. The molecule has 0 saturated carbocycles. The number of nitrogens with zero attached hydrogens (tertiary/aromatic N) is 3. The van der Waals surface area contributed by atoms with Gasteiger partial charge in [-0.1, -0.05) is 52.7 Å². The van der Waals surface area contributed by atoms with Crippen LogP contribution in [0.3, 0.4) is 0 Å².